The zero-order chi connectivity index (χ0) is 9.15. The highest BCUT2D eigenvalue weighted by Gasteiger charge is 2.35. The minimum atomic E-state index is 0.223. The highest BCUT2D eigenvalue weighted by Crippen LogP contribution is 2.34. The Morgan fingerprint density at radius 1 is 1.31 bits per heavy atom. The summed E-state index contributed by atoms with van der Waals surface area (Å²) in [6.07, 6.45) is 1.13. The lowest BCUT2D eigenvalue weighted by Gasteiger charge is -2.25. The second kappa shape index (κ2) is 3.81. The van der Waals surface area contributed by atoms with Crippen molar-refractivity contribution in [2.24, 2.45) is 0 Å². The SMILES string of the molecule is BrCC1(c2ccccc2)CCOC1. The third-order valence-electron chi connectivity index (χ3n) is 2.75. The van der Waals surface area contributed by atoms with E-state index in [4.69, 9.17) is 4.74 Å². The maximum absolute atomic E-state index is 5.48. The van der Waals surface area contributed by atoms with Crippen molar-refractivity contribution in [1.29, 1.82) is 0 Å². The molecule has 0 bridgehead atoms. The van der Waals surface area contributed by atoms with E-state index in [1.807, 2.05) is 0 Å². The summed E-state index contributed by atoms with van der Waals surface area (Å²) in [6.45, 7) is 1.74. The average molecular weight is 241 g/mol. The summed E-state index contributed by atoms with van der Waals surface area (Å²) in [5.74, 6) is 0. The van der Waals surface area contributed by atoms with Crippen molar-refractivity contribution in [2.45, 2.75) is 11.8 Å². The Kier molecular flexibility index (Phi) is 2.70. The molecule has 0 radical (unpaired) electrons. The number of rotatable bonds is 2. The van der Waals surface area contributed by atoms with Crippen molar-refractivity contribution < 1.29 is 4.74 Å². The molecule has 1 heterocycles. The molecular formula is C11H13BrO. The second-order valence-corrected chi connectivity index (χ2v) is 4.14. The molecule has 1 aromatic carbocycles. The predicted octanol–water partition coefficient (Wildman–Crippen LogP) is 2.74. The van der Waals surface area contributed by atoms with Crippen LogP contribution in [0.3, 0.4) is 0 Å². The van der Waals surface area contributed by atoms with Gasteiger partial charge in [0.25, 0.3) is 0 Å². The van der Waals surface area contributed by atoms with Gasteiger partial charge in [-0.3, -0.25) is 0 Å². The Balaban J connectivity index is 2.31. The van der Waals surface area contributed by atoms with Crippen LogP contribution in [0, 0.1) is 0 Å². The highest BCUT2D eigenvalue weighted by molar-refractivity contribution is 9.09. The molecule has 2 heteroatoms. The van der Waals surface area contributed by atoms with Crippen LogP contribution in [0.1, 0.15) is 12.0 Å². The highest BCUT2D eigenvalue weighted by atomic mass is 79.9. The minimum Gasteiger partial charge on any atom is -0.380 e. The molecule has 0 aliphatic carbocycles. The maximum atomic E-state index is 5.48. The first kappa shape index (κ1) is 9.22. The fourth-order valence-electron chi connectivity index (χ4n) is 1.81. The van der Waals surface area contributed by atoms with Crippen LogP contribution in [0.2, 0.25) is 0 Å². The first-order chi connectivity index (χ1) is 6.37. The number of hydrogen-bond acceptors (Lipinski definition) is 1. The standard InChI is InChI=1S/C11H13BrO/c12-8-11(6-7-13-9-11)10-4-2-1-3-5-10/h1-5H,6-9H2. The van der Waals surface area contributed by atoms with Crippen LogP contribution < -0.4 is 0 Å². The van der Waals surface area contributed by atoms with Gasteiger partial charge in [0.05, 0.1) is 6.61 Å². The van der Waals surface area contributed by atoms with E-state index in [0.717, 1.165) is 25.0 Å². The summed E-state index contributed by atoms with van der Waals surface area (Å²) in [7, 11) is 0. The van der Waals surface area contributed by atoms with Crippen LogP contribution in [-0.4, -0.2) is 18.5 Å². The van der Waals surface area contributed by atoms with E-state index in [9.17, 15) is 0 Å². The zero-order valence-electron chi connectivity index (χ0n) is 7.50. The minimum absolute atomic E-state index is 0.223. The molecule has 0 N–H and O–H groups in total. The molecule has 2 rings (SSSR count). The number of alkyl halides is 1. The lowest BCUT2D eigenvalue weighted by atomic mass is 9.82. The normalized spacial score (nSPS) is 27.8. The van der Waals surface area contributed by atoms with Gasteiger partial charge in [-0.1, -0.05) is 46.3 Å². The molecule has 1 atom stereocenters. The summed E-state index contributed by atoms with van der Waals surface area (Å²) in [6, 6.07) is 10.6. The first-order valence-electron chi connectivity index (χ1n) is 4.57. The number of halogens is 1. The van der Waals surface area contributed by atoms with Gasteiger partial charge in [0.15, 0.2) is 0 Å². The van der Waals surface area contributed by atoms with Gasteiger partial charge in [0, 0.05) is 17.4 Å². The summed E-state index contributed by atoms with van der Waals surface area (Å²) in [5, 5.41) is 0.990. The summed E-state index contributed by atoms with van der Waals surface area (Å²) >= 11 is 3.59. The molecule has 1 aliphatic heterocycles. The summed E-state index contributed by atoms with van der Waals surface area (Å²) in [4.78, 5) is 0. The summed E-state index contributed by atoms with van der Waals surface area (Å²) in [5.41, 5.74) is 1.62. The maximum Gasteiger partial charge on any atom is 0.0571 e. The van der Waals surface area contributed by atoms with Crippen molar-refractivity contribution in [1.82, 2.24) is 0 Å². The van der Waals surface area contributed by atoms with Crippen molar-refractivity contribution in [3.05, 3.63) is 35.9 Å². The quantitative estimate of drug-likeness (QED) is 0.723. The fraction of sp³-hybridized carbons (Fsp3) is 0.455. The van der Waals surface area contributed by atoms with Gasteiger partial charge < -0.3 is 4.74 Å². The lowest BCUT2D eigenvalue weighted by Crippen LogP contribution is -2.28. The molecule has 1 nitrogen and oxygen atoms in total. The molecule has 1 aliphatic rings. The van der Waals surface area contributed by atoms with Crippen molar-refractivity contribution in [3.63, 3.8) is 0 Å². The Bertz CT molecular complexity index is 265. The summed E-state index contributed by atoms with van der Waals surface area (Å²) < 4.78 is 5.48. The monoisotopic (exact) mass is 240 g/mol. The molecule has 0 spiro atoms. The lowest BCUT2D eigenvalue weighted by molar-refractivity contribution is 0.182. The molecule has 1 aromatic rings. The van der Waals surface area contributed by atoms with Gasteiger partial charge in [0.2, 0.25) is 0 Å². The molecule has 0 saturated carbocycles. The van der Waals surface area contributed by atoms with Crippen molar-refractivity contribution in [2.75, 3.05) is 18.5 Å². The Morgan fingerprint density at radius 2 is 2.08 bits per heavy atom. The molecule has 1 unspecified atom stereocenters. The smallest absolute Gasteiger partial charge is 0.0571 e. The van der Waals surface area contributed by atoms with E-state index in [1.54, 1.807) is 0 Å². The largest absolute Gasteiger partial charge is 0.380 e. The van der Waals surface area contributed by atoms with E-state index in [-0.39, 0.29) is 5.41 Å². The molecule has 0 aromatic heterocycles. The Labute approximate surface area is 87.2 Å². The topological polar surface area (TPSA) is 9.23 Å². The molecular weight excluding hydrogens is 228 g/mol. The van der Waals surface area contributed by atoms with Gasteiger partial charge in [-0.05, 0) is 12.0 Å². The van der Waals surface area contributed by atoms with Gasteiger partial charge >= 0.3 is 0 Å². The number of ether oxygens (including phenoxy) is 1. The van der Waals surface area contributed by atoms with Crippen LogP contribution in [0.15, 0.2) is 30.3 Å². The van der Waals surface area contributed by atoms with Crippen LogP contribution in [0.4, 0.5) is 0 Å². The zero-order valence-corrected chi connectivity index (χ0v) is 9.09. The third-order valence-corrected chi connectivity index (χ3v) is 3.82. The van der Waals surface area contributed by atoms with Crippen molar-refractivity contribution in [3.8, 4) is 0 Å². The Hall–Kier alpha value is -0.340. The van der Waals surface area contributed by atoms with Crippen molar-refractivity contribution >= 4 is 15.9 Å². The van der Waals surface area contributed by atoms with Gasteiger partial charge in [-0.25, -0.2) is 0 Å². The second-order valence-electron chi connectivity index (χ2n) is 3.58. The average Bonchev–Trinajstić information content (AvgIpc) is 2.69. The fourth-order valence-corrected chi connectivity index (χ4v) is 2.58. The molecule has 1 fully saturated rings. The molecule has 13 heavy (non-hydrogen) atoms. The van der Waals surface area contributed by atoms with Crippen LogP contribution in [-0.2, 0) is 10.2 Å². The van der Waals surface area contributed by atoms with E-state index in [0.29, 0.717) is 0 Å². The van der Waals surface area contributed by atoms with Gasteiger partial charge in [-0.2, -0.15) is 0 Å². The number of benzene rings is 1. The molecule has 70 valence electrons. The van der Waals surface area contributed by atoms with E-state index in [1.165, 1.54) is 5.56 Å². The van der Waals surface area contributed by atoms with Crippen LogP contribution in [0.25, 0.3) is 0 Å². The van der Waals surface area contributed by atoms with Crippen LogP contribution in [0.5, 0.6) is 0 Å². The van der Waals surface area contributed by atoms with Crippen LogP contribution >= 0.6 is 15.9 Å². The van der Waals surface area contributed by atoms with Gasteiger partial charge in [-0.15, -0.1) is 0 Å². The first-order valence-corrected chi connectivity index (χ1v) is 5.69. The van der Waals surface area contributed by atoms with Gasteiger partial charge in [0.1, 0.15) is 0 Å². The predicted molar refractivity (Wildman–Crippen MR) is 57.4 cm³/mol. The van der Waals surface area contributed by atoms with E-state index < -0.39 is 0 Å². The number of hydrogen-bond donors (Lipinski definition) is 0. The van der Waals surface area contributed by atoms with E-state index in [2.05, 4.69) is 46.3 Å². The molecule has 0 amide bonds. The molecule has 1 saturated heterocycles. The Morgan fingerprint density at radius 3 is 2.62 bits per heavy atom. The van der Waals surface area contributed by atoms with E-state index >= 15 is 0 Å². The third kappa shape index (κ3) is 1.65.